The molecule has 1 N–H and O–H groups in total. The Hall–Kier alpha value is -1.38. The van der Waals surface area contributed by atoms with Gasteiger partial charge in [-0.2, -0.15) is 10.4 Å². The number of nitriles is 1. The fourth-order valence-electron chi connectivity index (χ4n) is 9.59. The fourth-order valence-corrected chi connectivity index (χ4v) is 9.78. The minimum Gasteiger partial charge on any atom is -0.390 e. The predicted octanol–water partition coefficient (Wildman–Crippen LogP) is 5.63. The number of aliphatic hydroxyl groups is 1. The van der Waals surface area contributed by atoms with Crippen LogP contribution in [0.3, 0.4) is 0 Å². The zero-order valence-electron chi connectivity index (χ0n) is 20.5. The van der Waals surface area contributed by atoms with Gasteiger partial charge in [-0.05, 0) is 118 Å². The molecule has 1 heterocycles. The van der Waals surface area contributed by atoms with E-state index in [1.165, 1.54) is 38.5 Å². The summed E-state index contributed by atoms with van der Waals surface area (Å²) in [6.07, 6.45) is 13.4. The number of rotatable bonds is 4. The first-order valence-electron chi connectivity index (χ1n) is 13.6. The first-order valence-corrected chi connectivity index (χ1v) is 14.0. The summed E-state index contributed by atoms with van der Waals surface area (Å²) in [7, 11) is 0. The zero-order chi connectivity index (χ0) is 23.8. The number of fused-ring (bicyclic) bond motifs is 5. The molecule has 1 aromatic heterocycles. The van der Waals surface area contributed by atoms with Crippen molar-refractivity contribution in [1.29, 1.82) is 5.26 Å². The average Bonchev–Trinajstić information content (AvgIpc) is 3.49. The molecule has 5 nitrogen and oxygen atoms in total. The van der Waals surface area contributed by atoms with Crippen LogP contribution in [0.1, 0.15) is 83.6 Å². The molecule has 5 aliphatic carbocycles. The molecule has 34 heavy (non-hydrogen) atoms. The fraction of sp³-hybridized carbons (Fsp3) is 0.821. The zero-order valence-corrected chi connectivity index (χ0v) is 21.3. The molecule has 0 radical (unpaired) electrons. The van der Waals surface area contributed by atoms with Crippen LogP contribution in [-0.2, 0) is 11.3 Å². The van der Waals surface area contributed by atoms with Gasteiger partial charge in [-0.1, -0.05) is 18.5 Å². The Kier molecular flexibility index (Phi) is 5.47. The molecule has 0 aliphatic heterocycles. The summed E-state index contributed by atoms with van der Waals surface area (Å²) >= 11 is 6.07. The number of halogens is 1. The van der Waals surface area contributed by atoms with E-state index in [9.17, 15) is 15.2 Å². The van der Waals surface area contributed by atoms with Crippen LogP contribution >= 0.6 is 11.6 Å². The van der Waals surface area contributed by atoms with E-state index in [1.807, 2.05) is 6.92 Å². The van der Waals surface area contributed by atoms with Crippen molar-refractivity contribution >= 4 is 17.4 Å². The molecule has 1 unspecified atom stereocenters. The number of aromatic nitrogens is 2. The Morgan fingerprint density at radius 1 is 1.12 bits per heavy atom. The topological polar surface area (TPSA) is 78.9 Å². The molecule has 9 atom stereocenters. The summed E-state index contributed by atoms with van der Waals surface area (Å²) < 4.78 is 1.58. The van der Waals surface area contributed by atoms with Crippen molar-refractivity contribution in [3.63, 3.8) is 0 Å². The Morgan fingerprint density at radius 3 is 2.56 bits per heavy atom. The van der Waals surface area contributed by atoms with E-state index in [0.29, 0.717) is 23.3 Å². The number of carbonyl (C=O) groups is 1. The molecule has 1 aromatic rings. The molecule has 5 aliphatic rings. The quantitative estimate of drug-likeness (QED) is 0.601. The van der Waals surface area contributed by atoms with Gasteiger partial charge in [-0.25, -0.2) is 0 Å². The van der Waals surface area contributed by atoms with Crippen LogP contribution in [0, 0.1) is 64.1 Å². The van der Waals surface area contributed by atoms with Gasteiger partial charge in [0.15, 0.2) is 10.9 Å². The molecule has 0 spiro atoms. The van der Waals surface area contributed by atoms with Crippen molar-refractivity contribution in [3.05, 3.63) is 16.9 Å². The van der Waals surface area contributed by atoms with Crippen molar-refractivity contribution < 1.29 is 9.90 Å². The van der Waals surface area contributed by atoms with Crippen LogP contribution in [0.5, 0.6) is 0 Å². The minimum atomic E-state index is -0.473. The first-order chi connectivity index (χ1) is 16.2. The number of Topliss-reactive ketones (excluding diaryl/α,β-unsaturated/α-hetero) is 1. The van der Waals surface area contributed by atoms with E-state index < -0.39 is 5.60 Å². The van der Waals surface area contributed by atoms with Crippen molar-refractivity contribution in [1.82, 2.24) is 9.78 Å². The molecule has 0 bridgehead atoms. The van der Waals surface area contributed by atoms with E-state index in [4.69, 9.17) is 11.6 Å². The molecule has 5 fully saturated rings. The molecule has 6 rings (SSSR count). The van der Waals surface area contributed by atoms with E-state index in [0.717, 1.165) is 49.4 Å². The smallest absolute Gasteiger partial charge is 0.168 e. The lowest BCUT2D eigenvalue weighted by Crippen LogP contribution is -2.52. The van der Waals surface area contributed by atoms with Gasteiger partial charge < -0.3 is 5.11 Å². The summed E-state index contributed by atoms with van der Waals surface area (Å²) in [5.41, 5.74) is -0.0584. The number of hydrogen-bond donors (Lipinski definition) is 1. The van der Waals surface area contributed by atoms with Crippen LogP contribution < -0.4 is 0 Å². The third kappa shape index (κ3) is 3.66. The minimum absolute atomic E-state index is 0.0769. The lowest BCUT2D eigenvalue weighted by atomic mass is 9.48. The highest BCUT2D eigenvalue weighted by molar-refractivity contribution is 6.30. The molecule has 6 heteroatoms. The average molecular weight is 484 g/mol. The van der Waals surface area contributed by atoms with Crippen molar-refractivity contribution in [2.75, 3.05) is 0 Å². The van der Waals surface area contributed by atoms with Crippen molar-refractivity contribution in [3.8, 4) is 6.07 Å². The van der Waals surface area contributed by atoms with Crippen molar-refractivity contribution in [2.24, 2.45) is 52.8 Å². The normalized spacial score (nSPS) is 45.7. The van der Waals surface area contributed by atoms with Gasteiger partial charge in [0.05, 0.1) is 12.1 Å². The number of hydrogen-bond acceptors (Lipinski definition) is 4. The maximum absolute atomic E-state index is 13.7. The summed E-state index contributed by atoms with van der Waals surface area (Å²) in [5, 5.41) is 24.3. The van der Waals surface area contributed by atoms with Gasteiger partial charge in [0.1, 0.15) is 11.6 Å². The van der Waals surface area contributed by atoms with Gasteiger partial charge in [0.2, 0.25) is 0 Å². The van der Waals surface area contributed by atoms with E-state index >= 15 is 0 Å². The second kappa shape index (κ2) is 8.07. The highest BCUT2D eigenvalue weighted by Crippen LogP contribution is 2.69. The number of ketones is 1. The predicted molar refractivity (Wildman–Crippen MR) is 130 cm³/mol. The van der Waals surface area contributed by atoms with Crippen LogP contribution in [0.15, 0.2) is 6.20 Å². The third-order valence-corrected chi connectivity index (χ3v) is 11.3. The van der Waals surface area contributed by atoms with Gasteiger partial charge in [0.25, 0.3) is 0 Å². The monoisotopic (exact) mass is 483 g/mol. The van der Waals surface area contributed by atoms with Gasteiger partial charge in [0, 0.05) is 12.1 Å². The lowest BCUT2D eigenvalue weighted by Gasteiger charge is -2.57. The highest BCUT2D eigenvalue weighted by atomic mass is 35.5. The molecule has 0 aromatic carbocycles. The number of carbonyl (C=O) groups excluding carboxylic acids is 1. The second-order valence-electron chi connectivity index (χ2n) is 13.0. The molecule has 0 amide bonds. The Balaban J connectivity index is 1.25. The molecular weight excluding hydrogens is 446 g/mol. The van der Waals surface area contributed by atoms with Gasteiger partial charge >= 0.3 is 0 Å². The lowest BCUT2D eigenvalue weighted by molar-refractivity contribution is -0.134. The van der Waals surface area contributed by atoms with Crippen LogP contribution in [0.25, 0.3) is 0 Å². The van der Waals surface area contributed by atoms with Gasteiger partial charge in [-0.15, -0.1) is 0 Å². The van der Waals surface area contributed by atoms with Crippen molar-refractivity contribution in [2.45, 2.75) is 90.2 Å². The van der Waals surface area contributed by atoms with Crippen LogP contribution in [-0.4, -0.2) is 26.3 Å². The highest BCUT2D eigenvalue weighted by Gasteiger charge is 2.63. The SMILES string of the molecule is C[C@@]1(O)CC[C@H]2[C@H](CC[C@@H]3[C@@H]2CC[C@]2(C)[C@@H](C(=O)Cn4cc(C#N)c(Cl)n4)CC(C4CC4)[C@@H]32)C1. The van der Waals surface area contributed by atoms with E-state index in [-0.39, 0.29) is 28.8 Å². The Labute approximate surface area is 208 Å². The van der Waals surface area contributed by atoms with Gasteiger partial charge in [-0.3, -0.25) is 9.48 Å². The molecular formula is C28H38ClN3O2. The largest absolute Gasteiger partial charge is 0.390 e. The maximum atomic E-state index is 13.7. The molecule has 0 saturated heterocycles. The van der Waals surface area contributed by atoms with E-state index in [2.05, 4.69) is 18.1 Å². The Bertz CT molecular complexity index is 1020. The Morgan fingerprint density at radius 2 is 1.85 bits per heavy atom. The maximum Gasteiger partial charge on any atom is 0.168 e. The summed E-state index contributed by atoms with van der Waals surface area (Å²) in [4.78, 5) is 13.7. The molecule has 184 valence electrons. The second-order valence-corrected chi connectivity index (χ2v) is 13.4. The molecule has 5 saturated carbocycles. The number of nitrogens with zero attached hydrogens (tertiary/aromatic N) is 3. The summed E-state index contributed by atoms with van der Waals surface area (Å²) in [5.74, 6) is 5.51. The summed E-state index contributed by atoms with van der Waals surface area (Å²) in [6, 6.07) is 2.06. The van der Waals surface area contributed by atoms with Crippen LogP contribution in [0.4, 0.5) is 0 Å². The van der Waals surface area contributed by atoms with Crippen LogP contribution in [0.2, 0.25) is 5.15 Å². The standard InChI is InChI=1S/C28H38ClN3O2/c1-27(34)9-7-19-17(12-27)5-6-21-20(19)8-10-28(2)23(11-22(25(21)28)16-3-4-16)24(33)15-32-14-18(13-30)26(29)31-32/h14,16-17,19-23,25,34H,3-12,15H2,1-2H3/t17-,19+,20-,21-,22?,23-,25-,27-,28-/m1/s1. The summed E-state index contributed by atoms with van der Waals surface area (Å²) in [6.45, 7) is 4.70. The first kappa shape index (κ1) is 23.0. The third-order valence-electron chi connectivity index (χ3n) is 11.1. The van der Waals surface area contributed by atoms with E-state index in [1.54, 1.807) is 10.9 Å².